The summed E-state index contributed by atoms with van der Waals surface area (Å²) < 4.78 is 0.820. The summed E-state index contributed by atoms with van der Waals surface area (Å²) in [5, 5.41) is 21.1. The number of anilines is 2. The molecule has 0 radical (unpaired) electrons. The Morgan fingerprint density at radius 1 is 0.936 bits per heavy atom. The van der Waals surface area contributed by atoms with Gasteiger partial charge in [0.15, 0.2) is 5.13 Å². The average Bonchev–Trinajstić information content (AvgIpc) is 3.53. The fourth-order valence-electron chi connectivity index (χ4n) is 4.26. The van der Waals surface area contributed by atoms with Crippen LogP contribution in [0.25, 0.3) is 17.3 Å². The van der Waals surface area contributed by atoms with Crippen molar-refractivity contribution < 1.29 is 19.3 Å². The number of hydrogen-bond acceptors (Lipinski definition) is 8. The number of nitro groups is 1. The Morgan fingerprint density at radius 2 is 1.70 bits per heavy atom. The van der Waals surface area contributed by atoms with E-state index < -0.39 is 22.0 Å². The molecule has 5 aromatic rings. The molecule has 47 heavy (non-hydrogen) atoms. The van der Waals surface area contributed by atoms with Gasteiger partial charge in [-0.25, -0.2) is 4.98 Å². The Hall–Kier alpha value is -5.11. The second-order valence-corrected chi connectivity index (χ2v) is 13.2. The van der Waals surface area contributed by atoms with Crippen LogP contribution in [0.4, 0.5) is 16.5 Å². The first kappa shape index (κ1) is 33.3. The summed E-state index contributed by atoms with van der Waals surface area (Å²) in [4.78, 5) is 55.2. The Balaban J connectivity index is 1.25. The second kappa shape index (κ2) is 15.5. The summed E-state index contributed by atoms with van der Waals surface area (Å²) in [6.07, 6.45) is 1.59. The lowest BCUT2D eigenvalue weighted by Crippen LogP contribution is -2.30. The molecule has 0 aliphatic heterocycles. The highest BCUT2D eigenvalue weighted by molar-refractivity contribution is 9.10. The van der Waals surface area contributed by atoms with Gasteiger partial charge >= 0.3 is 0 Å². The van der Waals surface area contributed by atoms with Crippen LogP contribution in [0.5, 0.6) is 0 Å². The predicted octanol–water partition coefficient (Wildman–Crippen LogP) is 8.01. The quantitative estimate of drug-likeness (QED) is 0.0541. The van der Waals surface area contributed by atoms with Crippen molar-refractivity contribution in [2.24, 2.45) is 0 Å². The number of halogens is 1. The molecule has 236 valence electrons. The molecular formula is C34H26BrN5O5S2. The molecule has 1 heterocycles. The Morgan fingerprint density at radius 3 is 2.47 bits per heavy atom. The molecule has 0 aliphatic rings. The number of thioether (sulfide) groups is 1. The molecule has 13 heteroatoms. The third-order valence-corrected chi connectivity index (χ3v) is 8.89. The van der Waals surface area contributed by atoms with Gasteiger partial charge in [-0.1, -0.05) is 64.5 Å². The van der Waals surface area contributed by atoms with Crippen molar-refractivity contribution in [1.82, 2.24) is 10.3 Å². The van der Waals surface area contributed by atoms with E-state index in [1.54, 1.807) is 79.0 Å². The molecule has 1 atom stereocenters. The van der Waals surface area contributed by atoms with Gasteiger partial charge < -0.3 is 16.0 Å². The van der Waals surface area contributed by atoms with E-state index in [0.29, 0.717) is 33.2 Å². The largest absolute Gasteiger partial charge is 0.321 e. The number of hydrogen-bond donors (Lipinski definition) is 3. The van der Waals surface area contributed by atoms with E-state index in [-0.39, 0.29) is 17.3 Å². The average molecular weight is 729 g/mol. The first-order valence-corrected chi connectivity index (χ1v) is 16.6. The summed E-state index contributed by atoms with van der Waals surface area (Å²) in [6.45, 7) is 1.75. The molecule has 1 aromatic heterocycles. The smallest absolute Gasteiger partial charge is 0.272 e. The maximum absolute atomic E-state index is 13.5. The van der Waals surface area contributed by atoms with Gasteiger partial charge in [-0.3, -0.25) is 24.5 Å². The van der Waals surface area contributed by atoms with Crippen molar-refractivity contribution in [1.29, 1.82) is 0 Å². The van der Waals surface area contributed by atoms with Crippen LogP contribution in [0.15, 0.2) is 124 Å². The molecule has 0 fully saturated rings. The van der Waals surface area contributed by atoms with Gasteiger partial charge in [0, 0.05) is 43.7 Å². The van der Waals surface area contributed by atoms with Gasteiger partial charge in [0.2, 0.25) is 5.91 Å². The van der Waals surface area contributed by atoms with Gasteiger partial charge in [0.25, 0.3) is 17.5 Å². The van der Waals surface area contributed by atoms with Crippen LogP contribution in [-0.4, -0.2) is 32.9 Å². The van der Waals surface area contributed by atoms with Crippen LogP contribution < -0.4 is 16.0 Å². The maximum atomic E-state index is 13.5. The van der Waals surface area contributed by atoms with Gasteiger partial charge in [0.05, 0.1) is 15.9 Å². The molecule has 10 nitrogen and oxygen atoms in total. The zero-order chi connectivity index (χ0) is 33.3. The Labute approximate surface area is 286 Å². The van der Waals surface area contributed by atoms with Crippen molar-refractivity contribution in [3.05, 3.63) is 140 Å². The number of benzene rings is 4. The minimum atomic E-state index is -0.525. The number of thiazole rings is 1. The monoisotopic (exact) mass is 727 g/mol. The van der Waals surface area contributed by atoms with Crippen LogP contribution in [0.2, 0.25) is 0 Å². The lowest BCUT2D eigenvalue weighted by molar-refractivity contribution is -0.384. The summed E-state index contributed by atoms with van der Waals surface area (Å²) in [7, 11) is 0. The zero-order valence-corrected chi connectivity index (χ0v) is 27.9. The molecular weight excluding hydrogens is 702 g/mol. The predicted molar refractivity (Wildman–Crippen MR) is 189 cm³/mol. The van der Waals surface area contributed by atoms with E-state index in [1.807, 2.05) is 30.3 Å². The topological polar surface area (TPSA) is 143 Å². The fraction of sp³-hybridized carbons (Fsp3) is 0.0588. The molecule has 4 aromatic carbocycles. The molecule has 0 saturated heterocycles. The van der Waals surface area contributed by atoms with Crippen molar-refractivity contribution >= 4 is 79.3 Å². The molecule has 0 spiro atoms. The van der Waals surface area contributed by atoms with E-state index in [9.17, 15) is 24.5 Å². The third kappa shape index (κ3) is 9.22. The number of nitrogens with one attached hydrogen (secondary N) is 3. The highest BCUT2D eigenvalue weighted by Gasteiger charge is 2.19. The number of amides is 3. The minimum absolute atomic E-state index is 0.0434. The number of non-ortho nitro benzene ring substituents is 1. The summed E-state index contributed by atoms with van der Waals surface area (Å²) in [5.74, 6) is -1.23. The first-order valence-electron chi connectivity index (χ1n) is 14.1. The van der Waals surface area contributed by atoms with Crippen molar-refractivity contribution in [3.8, 4) is 11.3 Å². The van der Waals surface area contributed by atoms with E-state index in [1.165, 1.54) is 35.2 Å². The number of carbonyl (C=O) groups is 3. The lowest BCUT2D eigenvalue weighted by atomic mass is 10.1. The molecule has 3 N–H and O–H groups in total. The van der Waals surface area contributed by atoms with Gasteiger partial charge in [-0.15, -0.1) is 23.1 Å². The summed E-state index contributed by atoms with van der Waals surface area (Å²) in [5.41, 5.74) is 2.69. The Bertz CT molecular complexity index is 1980. The van der Waals surface area contributed by atoms with E-state index in [2.05, 4.69) is 36.9 Å². The van der Waals surface area contributed by atoms with Crippen LogP contribution >= 0.6 is 39.0 Å². The van der Waals surface area contributed by atoms with Crippen LogP contribution in [0.3, 0.4) is 0 Å². The highest BCUT2D eigenvalue weighted by Crippen LogP contribution is 2.30. The van der Waals surface area contributed by atoms with E-state index in [0.717, 1.165) is 9.37 Å². The number of nitrogens with zero attached hydrogens (tertiary/aromatic N) is 2. The van der Waals surface area contributed by atoms with Gasteiger partial charge in [-0.2, -0.15) is 0 Å². The number of nitro benzene ring substituents is 1. The minimum Gasteiger partial charge on any atom is -0.321 e. The lowest BCUT2D eigenvalue weighted by Gasteiger charge is -2.14. The molecule has 0 saturated carbocycles. The highest BCUT2D eigenvalue weighted by atomic mass is 79.9. The first-order chi connectivity index (χ1) is 22.6. The second-order valence-electron chi connectivity index (χ2n) is 10.0. The summed E-state index contributed by atoms with van der Waals surface area (Å²) in [6, 6.07) is 29.1. The summed E-state index contributed by atoms with van der Waals surface area (Å²) >= 11 is 5.94. The molecule has 0 bridgehead atoms. The SMILES string of the molecule is CC(Sc1cccc(NC(=O)/C(=C\c2cccc(Br)c2)NC(=O)c2ccccc2)c1)C(=O)Nc1nc(-c2cccc([N+](=O)[O-])c2)cs1. The zero-order valence-electron chi connectivity index (χ0n) is 24.7. The van der Waals surface area contributed by atoms with Gasteiger partial charge in [0.1, 0.15) is 5.70 Å². The number of rotatable bonds is 11. The van der Waals surface area contributed by atoms with Crippen molar-refractivity contribution in [3.63, 3.8) is 0 Å². The van der Waals surface area contributed by atoms with Crippen LogP contribution in [0.1, 0.15) is 22.8 Å². The van der Waals surface area contributed by atoms with Gasteiger partial charge in [-0.05, 0) is 61.0 Å². The third-order valence-electron chi connectivity index (χ3n) is 6.55. The number of carbonyl (C=O) groups excluding carboxylic acids is 3. The van der Waals surface area contributed by atoms with E-state index in [4.69, 9.17) is 0 Å². The fourth-order valence-corrected chi connectivity index (χ4v) is 6.32. The van der Waals surface area contributed by atoms with E-state index >= 15 is 0 Å². The number of aromatic nitrogens is 1. The Kier molecular flexibility index (Phi) is 10.9. The van der Waals surface area contributed by atoms with Crippen LogP contribution in [0, 0.1) is 10.1 Å². The standard InChI is InChI=1S/C34H26BrN5O5S2/c1-21(31(41)39-34-38-30(20-46-34)24-11-6-14-27(18-24)40(44)45)47-28-15-7-13-26(19-28)36-33(43)29(17-22-8-5-12-25(35)16-22)37-32(42)23-9-3-2-4-10-23/h2-21H,1H3,(H,36,43)(H,37,42)(H,38,39,41)/b29-17+. The van der Waals surface area contributed by atoms with Crippen molar-refractivity contribution in [2.75, 3.05) is 10.6 Å². The normalized spacial score (nSPS) is 11.7. The maximum Gasteiger partial charge on any atom is 0.272 e. The molecule has 1 unspecified atom stereocenters. The van der Waals surface area contributed by atoms with Crippen molar-refractivity contribution in [2.45, 2.75) is 17.1 Å². The molecule has 0 aliphatic carbocycles. The molecule has 5 rings (SSSR count). The molecule has 3 amide bonds. The van der Waals surface area contributed by atoms with Crippen LogP contribution in [-0.2, 0) is 9.59 Å².